The van der Waals surface area contributed by atoms with Crippen molar-refractivity contribution >= 4 is 23.3 Å². The second-order valence-corrected chi connectivity index (χ2v) is 11.4. The maximum Gasteiger partial charge on any atom is 0.249 e. The van der Waals surface area contributed by atoms with Gasteiger partial charge in [-0.2, -0.15) is 4.98 Å². The lowest BCUT2D eigenvalue weighted by molar-refractivity contribution is -0.170. The largest absolute Gasteiger partial charge is 0.490 e. The van der Waals surface area contributed by atoms with Crippen LogP contribution in [0, 0.1) is 11.2 Å². The smallest absolute Gasteiger partial charge is 0.249 e. The van der Waals surface area contributed by atoms with Crippen molar-refractivity contribution in [2.24, 2.45) is 12.5 Å². The molecule has 2 aromatic carbocycles. The highest BCUT2D eigenvalue weighted by atomic mass is 19.3. The summed E-state index contributed by atoms with van der Waals surface area (Å²) < 4.78 is 49.8. The average Bonchev–Trinajstić information content (AvgIpc) is 3.25. The topological polar surface area (TPSA) is 110 Å². The van der Waals surface area contributed by atoms with Gasteiger partial charge in [0.2, 0.25) is 17.8 Å². The molecule has 220 valence electrons. The highest BCUT2D eigenvalue weighted by Gasteiger charge is 2.61. The van der Waals surface area contributed by atoms with Gasteiger partial charge >= 0.3 is 0 Å². The molecule has 42 heavy (non-hydrogen) atoms. The van der Waals surface area contributed by atoms with Crippen LogP contribution < -0.4 is 20.7 Å². The van der Waals surface area contributed by atoms with E-state index in [9.17, 15) is 13.2 Å². The molecule has 1 aliphatic carbocycles. The predicted octanol–water partition coefficient (Wildman–Crippen LogP) is 4.58. The van der Waals surface area contributed by atoms with Gasteiger partial charge in [-0.15, -0.1) is 5.10 Å². The molecule has 2 aliphatic rings. The van der Waals surface area contributed by atoms with E-state index in [1.165, 1.54) is 12.3 Å². The van der Waals surface area contributed by atoms with Crippen LogP contribution in [0.2, 0.25) is 0 Å². The maximum atomic E-state index is 14.9. The van der Waals surface area contributed by atoms with Gasteiger partial charge < -0.3 is 25.6 Å². The Morgan fingerprint density at radius 2 is 1.86 bits per heavy atom. The summed E-state index contributed by atoms with van der Waals surface area (Å²) in [5.74, 6) is -1.43. The molecule has 1 saturated heterocycles. The van der Waals surface area contributed by atoms with Gasteiger partial charge in [-0.3, -0.25) is 0 Å². The monoisotopic (exact) mass is 579 g/mol. The molecule has 13 heteroatoms. The average molecular weight is 580 g/mol. The van der Waals surface area contributed by atoms with E-state index in [2.05, 4.69) is 30.3 Å². The standard InChI is InChI=1S/C29H32F3N9O/c1-39(2)10-11-42-24-12-18(4-7-23(24)41-16-28(17-41)14-29(31,32)15-28)25-37-27(40(3)38-25)35-19-5-6-20(21(30)13-19)22-8-9-34-26(33)36-22/h4-9,12-13H,10-11,14-17H2,1-3H3,(H2,33,34,36)(H,35,37,38). The number of halogens is 3. The van der Waals surface area contributed by atoms with Gasteiger partial charge in [0, 0.05) is 67.9 Å². The number of ether oxygens (including phenoxy) is 1. The molecule has 3 N–H and O–H groups in total. The normalized spacial score (nSPS) is 16.8. The van der Waals surface area contributed by atoms with Crippen LogP contribution in [0.4, 0.5) is 36.4 Å². The summed E-state index contributed by atoms with van der Waals surface area (Å²) in [6.07, 6.45) is 1.37. The van der Waals surface area contributed by atoms with Crippen LogP contribution in [0.3, 0.4) is 0 Å². The van der Waals surface area contributed by atoms with Crippen molar-refractivity contribution in [2.45, 2.75) is 18.8 Å². The number of anilines is 4. The first-order chi connectivity index (χ1) is 20.0. The number of benzene rings is 2. The number of nitrogens with zero attached hydrogens (tertiary/aromatic N) is 7. The number of nitrogens with two attached hydrogens (primary N) is 1. The highest BCUT2D eigenvalue weighted by Crippen LogP contribution is 2.58. The van der Waals surface area contributed by atoms with Crippen LogP contribution in [-0.4, -0.2) is 75.9 Å². The molecule has 2 fully saturated rings. The molecular formula is C29H32F3N9O. The van der Waals surface area contributed by atoms with Crippen molar-refractivity contribution in [3.05, 3.63) is 54.5 Å². The lowest BCUT2D eigenvalue weighted by Crippen LogP contribution is -2.66. The minimum Gasteiger partial charge on any atom is -0.490 e. The summed E-state index contributed by atoms with van der Waals surface area (Å²) in [5, 5.41) is 7.67. The third-order valence-corrected chi connectivity index (χ3v) is 7.61. The molecule has 2 aromatic heterocycles. The highest BCUT2D eigenvalue weighted by molar-refractivity contribution is 5.71. The van der Waals surface area contributed by atoms with Gasteiger partial charge in [0.05, 0.1) is 11.4 Å². The first-order valence-electron chi connectivity index (χ1n) is 13.6. The zero-order valence-electron chi connectivity index (χ0n) is 23.6. The van der Waals surface area contributed by atoms with Gasteiger partial charge in [0.25, 0.3) is 0 Å². The first kappa shape index (κ1) is 27.8. The van der Waals surface area contributed by atoms with Crippen molar-refractivity contribution in [3.63, 3.8) is 0 Å². The number of alkyl halides is 2. The lowest BCUT2D eigenvalue weighted by atomic mass is 9.61. The second-order valence-electron chi connectivity index (χ2n) is 11.4. The molecule has 1 spiro atoms. The Kier molecular flexibility index (Phi) is 6.92. The van der Waals surface area contributed by atoms with Crippen LogP contribution >= 0.6 is 0 Å². The van der Waals surface area contributed by atoms with Crippen molar-refractivity contribution < 1.29 is 17.9 Å². The Labute approximate surface area is 241 Å². The van der Waals surface area contributed by atoms with E-state index in [1.807, 2.05) is 37.2 Å². The quantitative estimate of drug-likeness (QED) is 0.294. The minimum absolute atomic E-state index is 0.0546. The molecular weight excluding hydrogens is 547 g/mol. The third kappa shape index (κ3) is 5.56. The van der Waals surface area contributed by atoms with Crippen LogP contribution in [0.5, 0.6) is 5.75 Å². The van der Waals surface area contributed by atoms with Gasteiger partial charge in [-0.25, -0.2) is 27.8 Å². The van der Waals surface area contributed by atoms with Gasteiger partial charge in [-0.1, -0.05) is 0 Å². The Morgan fingerprint density at radius 3 is 2.55 bits per heavy atom. The number of aromatic nitrogens is 5. The number of rotatable bonds is 9. The molecule has 1 aliphatic heterocycles. The Balaban J connectivity index is 1.21. The Bertz CT molecular complexity index is 1610. The van der Waals surface area contributed by atoms with Gasteiger partial charge in [0.15, 0.2) is 5.82 Å². The van der Waals surface area contributed by atoms with E-state index >= 15 is 0 Å². The number of nitrogens with one attached hydrogen (secondary N) is 1. The number of nitrogen functional groups attached to an aromatic ring is 1. The second kappa shape index (κ2) is 10.5. The molecule has 1 saturated carbocycles. The maximum absolute atomic E-state index is 14.9. The number of aryl methyl sites for hydroxylation is 1. The van der Waals surface area contributed by atoms with E-state index < -0.39 is 11.7 Å². The van der Waals surface area contributed by atoms with Crippen molar-refractivity contribution in [2.75, 3.05) is 56.3 Å². The van der Waals surface area contributed by atoms with Gasteiger partial charge in [-0.05, 0) is 56.6 Å². The number of hydrogen-bond donors (Lipinski definition) is 2. The molecule has 0 bridgehead atoms. The molecule has 10 nitrogen and oxygen atoms in total. The summed E-state index contributed by atoms with van der Waals surface area (Å²) in [7, 11) is 5.67. The van der Waals surface area contributed by atoms with E-state index in [4.69, 9.17) is 10.5 Å². The SMILES string of the molecule is CN(C)CCOc1cc(-c2nc(Nc3ccc(-c4ccnc(N)n4)c(F)c3)n(C)n2)ccc1N1CC2(C1)CC(F)(F)C2. The molecule has 3 heterocycles. The zero-order chi connectivity index (χ0) is 29.6. The van der Waals surface area contributed by atoms with Crippen LogP contribution in [-0.2, 0) is 7.05 Å². The lowest BCUT2D eigenvalue weighted by Gasteiger charge is -2.59. The summed E-state index contributed by atoms with van der Waals surface area (Å²) in [6.45, 7) is 2.35. The summed E-state index contributed by atoms with van der Waals surface area (Å²) in [6, 6.07) is 12.0. The molecule has 0 unspecified atom stereocenters. The molecule has 6 rings (SSSR count). The zero-order valence-corrected chi connectivity index (χ0v) is 23.6. The van der Waals surface area contributed by atoms with Gasteiger partial charge in [0.1, 0.15) is 18.2 Å². The molecule has 0 atom stereocenters. The minimum atomic E-state index is -2.55. The van der Waals surface area contributed by atoms with Crippen LogP contribution in [0.15, 0.2) is 48.7 Å². The van der Waals surface area contributed by atoms with Crippen molar-refractivity contribution in [3.8, 4) is 28.4 Å². The summed E-state index contributed by atoms with van der Waals surface area (Å²) in [4.78, 5) is 16.7. The first-order valence-corrected chi connectivity index (χ1v) is 13.6. The van der Waals surface area contributed by atoms with E-state index in [1.54, 1.807) is 29.9 Å². The van der Waals surface area contributed by atoms with Crippen LogP contribution in [0.25, 0.3) is 22.6 Å². The predicted molar refractivity (Wildman–Crippen MR) is 154 cm³/mol. The van der Waals surface area contributed by atoms with Crippen molar-refractivity contribution in [1.82, 2.24) is 29.6 Å². The summed E-state index contributed by atoms with van der Waals surface area (Å²) >= 11 is 0. The van der Waals surface area contributed by atoms with E-state index in [0.717, 1.165) is 17.8 Å². The van der Waals surface area contributed by atoms with E-state index in [0.29, 0.717) is 54.2 Å². The summed E-state index contributed by atoms with van der Waals surface area (Å²) in [5.41, 5.74) is 8.11. The third-order valence-electron chi connectivity index (χ3n) is 7.61. The number of likely N-dealkylation sites (N-methyl/N-ethyl adjacent to an activating group) is 1. The molecule has 0 radical (unpaired) electrons. The number of hydrogen-bond acceptors (Lipinski definition) is 9. The Hall–Kier alpha value is -4.39. The van der Waals surface area contributed by atoms with Crippen molar-refractivity contribution in [1.29, 1.82) is 0 Å². The fraction of sp³-hybridized carbons (Fsp3) is 0.379. The fourth-order valence-electron chi connectivity index (χ4n) is 5.64. The molecule has 0 amide bonds. The Morgan fingerprint density at radius 1 is 1.07 bits per heavy atom. The van der Waals surface area contributed by atoms with E-state index in [-0.39, 0.29) is 24.2 Å². The van der Waals surface area contributed by atoms with Crippen LogP contribution in [0.1, 0.15) is 12.8 Å². The molecule has 4 aromatic rings. The fourth-order valence-corrected chi connectivity index (χ4v) is 5.64.